The summed E-state index contributed by atoms with van der Waals surface area (Å²) in [5.41, 5.74) is 1.08. The number of hydrogen-bond acceptors (Lipinski definition) is 3. The molecular weight excluding hydrogens is 321 g/mol. The van der Waals surface area contributed by atoms with Gasteiger partial charge in [0.05, 0.1) is 12.0 Å². The highest BCUT2D eigenvalue weighted by Gasteiger charge is 2.27. The predicted molar refractivity (Wildman–Crippen MR) is 93.7 cm³/mol. The van der Waals surface area contributed by atoms with Gasteiger partial charge in [0.25, 0.3) is 0 Å². The third-order valence-corrected chi connectivity index (χ3v) is 4.48. The maximum absolute atomic E-state index is 12.0. The lowest BCUT2D eigenvalue weighted by Gasteiger charge is -2.32. The van der Waals surface area contributed by atoms with Crippen LogP contribution < -0.4 is 10.6 Å². The third-order valence-electron chi connectivity index (χ3n) is 4.14. The number of halogens is 2. The molecule has 0 spiro atoms. The van der Waals surface area contributed by atoms with Gasteiger partial charge in [-0.05, 0) is 24.7 Å². The van der Waals surface area contributed by atoms with Crippen molar-refractivity contribution >= 4 is 29.9 Å². The van der Waals surface area contributed by atoms with Crippen molar-refractivity contribution in [1.29, 1.82) is 0 Å². The molecule has 0 aromatic heterocycles. The molecule has 2 rings (SSSR count). The van der Waals surface area contributed by atoms with Crippen LogP contribution in [0.15, 0.2) is 24.3 Å². The first kappa shape index (κ1) is 19.2. The molecule has 1 heterocycles. The highest BCUT2D eigenvalue weighted by Crippen LogP contribution is 2.27. The van der Waals surface area contributed by atoms with Gasteiger partial charge in [0.1, 0.15) is 0 Å². The summed E-state index contributed by atoms with van der Waals surface area (Å²) >= 11 is 6.34. The van der Waals surface area contributed by atoms with Gasteiger partial charge in [-0.1, -0.05) is 43.6 Å². The molecule has 124 valence electrons. The van der Waals surface area contributed by atoms with Crippen LogP contribution in [0.5, 0.6) is 0 Å². The predicted octanol–water partition coefficient (Wildman–Crippen LogP) is 2.48. The molecule has 2 N–H and O–H groups in total. The van der Waals surface area contributed by atoms with Crippen molar-refractivity contribution in [3.8, 4) is 0 Å². The molecule has 1 aliphatic heterocycles. The number of likely N-dealkylation sites (N-methyl/N-ethyl adjacent to an activating group) is 1. The Bertz CT molecular complexity index is 476. The summed E-state index contributed by atoms with van der Waals surface area (Å²) in [6, 6.07) is 8.00. The van der Waals surface area contributed by atoms with Crippen LogP contribution in [0, 0.1) is 5.92 Å². The lowest BCUT2D eigenvalue weighted by Crippen LogP contribution is -2.52. The summed E-state index contributed by atoms with van der Waals surface area (Å²) in [4.78, 5) is 14.4. The van der Waals surface area contributed by atoms with Gasteiger partial charge >= 0.3 is 0 Å². The van der Waals surface area contributed by atoms with Gasteiger partial charge in [-0.25, -0.2) is 0 Å². The van der Waals surface area contributed by atoms with Crippen molar-refractivity contribution in [3.63, 3.8) is 0 Å². The van der Waals surface area contributed by atoms with E-state index in [-0.39, 0.29) is 30.3 Å². The standard InChI is InChI=1S/C16H24ClN3O.ClH/c1-3-20(4-2)15(13-7-5-6-8-14(13)17)11-19-16(21)12-9-18-10-12;/h5-8,12,15,18H,3-4,9-11H2,1-2H3,(H,19,21);1H. The van der Waals surface area contributed by atoms with Crippen LogP contribution >= 0.6 is 24.0 Å². The van der Waals surface area contributed by atoms with Crippen molar-refractivity contribution in [2.45, 2.75) is 19.9 Å². The fourth-order valence-corrected chi connectivity index (χ4v) is 2.92. The minimum atomic E-state index is 0. The summed E-state index contributed by atoms with van der Waals surface area (Å²) in [5, 5.41) is 6.96. The van der Waals surface area contributed by atoms with Crippen LogP contribution in [0.1, 0.15) is 25.5 Å². The van der Waals surface area contributed by atoms with Crippen molar-refractivity contribution in [3.05, 3.63) is 34.9 Å². The summed E-state index contributed by atoms with van der Waals surface area (Å²) in [6.07, 6.45) is 0. The second kappa shape index (κ2) is 9.36. The quantitative estimate of drug-likeness (QED) is 0.797. The molecule has 1 atom stereocenters. The molecule has 1 aromatic carbocycles. The second-order valence-electron chi connectivity index (χ2n) is 5.36. The van der Waals surface area contributed by atoms with E-state index < -0.39 is 0 Å². The van der Waals surface area contributed by atoms with Gasteiger partial charge in [-0.2, -0.15) is 0 Å². The topological polar surface area (TPSA) is 44.4 Å². The van der Waals surface area contributed by atoms with E-state index in [1.807, 2.05) is 24.3 Å². The van der Waals surface area contributed by atoms with E-state index >= 15 is 0 Å². The van der Waals surface area contributed by atoms with Gasteiger partial charge in [0.2, 0.25) is 5.91 Å². The summed E-state index contributed by atoms with van der Waals surface area (Å²) in [5.74, 6) is 0.256. The molecule has 0 bridgehead atoms. The SMILES string of the molecule is CCN(CC)C(CNC(=O)C1CNC1)c1ccccc1Cl.Cl. The smallest absolute Gasteiger partial charge is 0.225 e. The number of benzene rings is 1. The molecule has 1 aromatic rings. The second-order valence-corrected chi connectivity index (χ2v) is 5.77. The minimum Gasteiger partial charge on any atom is -0.354 e. The van der Waals surface area contributed by atoms with Gasteiger partial charge in [-0.3, -0.25) is 9.69 Å². The molecule has 1 aliphatic rings. The number of nitrogens with zero attached hydrogens (tertiary/aromatic N) is 1. The summed E-state index contributed by atoms with van der Waals surface area (Å²) in [6.45, 7) is 8.28. The van der Waals surface area contributed by atoms with E-state index in [1.54, 1.807) is 0 Å². The molecule has 1 amide bonds. The lowest BCUT2D eigenvalue weighted by molar-refractivity contribution is -0.126. The molecule has 1 unspecified atom stereocenters. The van der Waals surface area contributed by atoms with Gasteiger partial charge < -0.3 is 10.6 Å². The van der Waals surface area contributed by atoms with E-state index in [0.29, 0.717) is 6.54 Å². The van der Waals surface area contributed by atoms with E-state index in [4.69, 9.17) is 11.6 Å². The highest BCUT2D eigenvalue weighted by molar-refractivity contribution is 6.31. The Morgan fingerprint density at radius 2 is 2.00 bits per heavy atom. The fourth-order valence-electron chi connectivity index (χ4n) is 2.66. The molecule has 4 nitrogen and oxygen atoms in total. The van der Waals surface area contributed by atoms with Crippen molar-refractivity contribution in [1.82, 2.24) is 15.5 Å². The Balaban J connectivity index is 0.00000242. The van der Waals surface area contributed by atoms with Crippen LogP contribution in [-0.2, 0) is 4.79 Å². The van der Waals surface area contributed by atoms with E-state index in [1.165, 1.54) is 0 Å². The van der Waals surface area contributed by atoms with E-state index in [9.17, 15) is 4.79 Å². The first-order valence-corrected chi connectivity index (χ1v) is 8.02. The number of amides is 1. The van der Waals surface area contributed by atoms with Gasteiger partial charge in [0.15, 0.2) is 0 Å². The lowest BCUT2D eigenvalue weighted by atomic mass is 10.0. The van der Waals surface area contributed by atoms with Crippen LogP contribution in [0.3, 0.4) is 0 Å². The Labute approximate surface area is 144 Å². The zero-order valence-electron chi connectivity index (χ0n) is 13.1. The zero-order chi connectivity index (χ0) is 15.2. The number of carbonyl (C=O) groups excluding carboxylic acids is 1. The first-order valence-electron chi connectivity index (χ1n) is 7.64. The van der Waals surface area contributed by atoms with Crippen LogP contribution in [0.4, 0.5) is 0 Å². The van der Waals surface area contributed by atoms with Crippen LogP contribution in [0.2, 0.25) is 5.02 Å². The normalized spacial score (nSPS) is 15.8. The average molecular weight is 346 g/mol. The monoisotopic (exact) mass is 345 g/mol. The molecule has 0 aliphatic carbocycles. The number of rotatable bonds is 7. The molecule has 0 radical (unpaired) electrons. The number of hydrogen-bond donors (Lipinski definition) is 2. The van der Waals surface area contributed by atoms with Crippen LogP contribution in [0.25, 0.3) is 0 Å². The molecule has 1 fully saturated rings. The number of carbonyl (C=O) groups is 1. The fraction of sp³-hybridized carbons (Fsp3) is 0.562. The third kappa shape index (κ3) is 4.59. The number of nitrogens with one attached hydrogen (secondary N) is 2. The minimum absolute atomic E-state index is 0. The first-order chi connectivity index (χ1) is 10.2. The Hall–Kier alpha value is -0.810. The summed E-state index contributed by atoms with van der Waals surface area (Å²) < 4.78 is 0. The van der Waals surface area contributed by atoms with Crippen LogP contribution in [-0.4, -0.2) is 43.5 Å². The van der Waals surface area contributed by atoms with Crippen molar-refractivity contribution in [2.24, 2.45) is 5.92 Å². The van der Waals surface area contributed by atoms with Gasteiger partial charge in [-0.15, -0.1) is 12.4 Å². The summed E-state index contributed by atoms with van der Waals surface area (Å²) in [7, 11) is 0. The Morgan fingerprint density at radius 1 is 1.36 bits per heavy atom. The van der Waals surface area contributed by atoms with Crippen molar-refractivity contribution in [2.75, 3.05) is 32.7 Å². The van der Waals surface area contributed by atoms with Crippen molar-refractivity contribution < 1.29 is 4.79 Å². The largest absolute Gasteiger partial charge is 0.354 e. The van der Waals surface area contributed by atoms with E-state index in [2.05, 4.69) is 29.4 Å². The maximum atomic E-state index is 12.0. The zero-order valence-corrected chi connectivity index (χ0v) is 14.7. The molecule has 0 saturated carbocycles. The van der Waals surface area contributed by atoms with Gasteiger partial charge in [0, 0.05) is 24.7 Å². The Kier molecular flexibility index (Phi) is 8.18. The maximum Gasteiger partial charge on any atom is 0.225 e. The average Bonchev–Trinajstić information content (AvgIpc) is 2.42. The molecule has 22 heavy (non-hydrogen) atoms. The molecule has 6 heteroatoms. The van der Waals surface area contributed by atoms with E-state index in [0.717, 1.165) is 36.8 Å². The Morgan fingerprint density at radius 3 is 2.50 bits per heavy atom. The molecule has 1 saturated heterocycles. The highest BCUT2D eigenvalue weighted by atomic mass is 35.5. The molecular formula is C16H25Cl2N3O.